The smallest absolute Gasteiger partial charge is 0.283 e. The molecule has 0 spiro atoms. The standard InChI is InChI=1S/C12H15BrN2O3/c13-12-9(3-1-5-11(12)15(16)17)8-18-10-4-2-6-14-7-10/h1,3,5,10,14H,2,4,6-8H2. The van der Waals surface area contributed by atoms with Crippen molar-refractivity contribution in [1.29, 1.82) is 0 Å². The van der Waals surface area contributed by atoms with Crippen LogP contribution < -0.4 is 5.32 Å². The number of rotatable bonds is 4. The first-order valence-electron chi connectivity index (χ1n) is 5.92. The summed E-state index contributed by atoms with van der Waals surface area (Å²) in [5.41, 5.74) is 0.896. The molecule has 0 aliphatic carbocycles. The number of hydrogen-bond donors (Lipinski definition) is 1. The van der Waals surface area contributed by atoms with Crippen molar-refractivity contribution in [2.45, 2.75) is 25.6 Å². The van der Waals surface area contributed by atoms with Crippen LogP contribution in [0, 0.1) is 10.1 Å². The number of nitrogens with zero attached hydrogens (tertiary/aromatic N) is 1. The van der Waals surface area contributed by atoms with Crippen LogP contribution in [0.5, 0.6) is 0 Å². The Labute approximate surface area is 114 Å². The van der Waals surface area contributed by atoms with E-state index in [1.54, 1.807) is 6.07 Å². The van der Waals surface area contributed by atoms with E-state index in [1.807, 2.05) is 6.07 Å². The Morgan fingerprint density at radius 2 is 2.39 bits per heavy atom. The maximum Gasteiger partial charge on any atom is 0.283 e. The summed E-state index contributed by atoms with van der Waals surface area (Å²) in [4.78, 5) is 10.4. The molecule has 1 aromatic carbocycles. The van der Waals surface area contributed by atoms with Gasteiger partial charge in [-0.25, -0.2) is 0 Å². The lowest BCUT2D eigenvalue weighted by Crippen LogP contribution is -2.35. The van der Waals surface area contributed by atoms with Crippen LogP contribution >= 0.6 is 15.9 Å². The van der Waals surface area contributed by atoms with Gasteiger partial charge in [-0.1, -0.05) is 12.1 Å². The van der Waals surface area contributed by atoms with Gasteiger partial charge in [-0.3, -0.25) is 10.1 Å². The third kappa shape index (κ3) is 3.28. The normalized spacial score (nSPS) is 19.7. The molecule has 18 heavy (non-hydrogen) atoms. The van der Waals surface area contributed by atoms with Gasteiger partial charge in [0.2, 0.25) is 0 Å². The highest BCUT2D eigenvalue weighted by Gasteiger charge is 2.17. The Kier molecular flexibility index (Phi) is 4.68. The fourth-order valence-corrected chi connectivity index (χ4v) is 2.51. The molecule has 0 aromatic heterocycles. The molecule has 5 nitrogen and oxygen atoms in total. The zero-order chi connectivity index (χ0) is 13.0. The van der Waals surface area contributed by atoms with Crippen LogP contribution in [0.25, 0.3) is 0 Å². The maximum absolute atomic E-state index is 10.8. The minimum Gasteiger partial charge on any atom is -0.372 e. The highest BCUT2D eigenvalue weighted by molar-refractivity contribution is 9.10. The second kappa shape index (κ2) is 6.26. The summed E-state index contributed by atoms with van der Waals surface area (Å²) >= 11 is 3.27. The zero-order valence-electron chi connectivity index (χ0n) is 9.89. The number of nitro benzene ring substituents is 1. The van der Waals surface area contributed by atoms with Gasteiger partial charge in [0.15, 0.2) is 0 Å². The van der Waals surface area contributed by atoms with E-state index in [2.05, 4.69) is 21.2 Å². The van der Waals surface area contributed by atoms with Crippen LogP contribution in [0.2, 0.25) is 0 Å². The van der Waals surface area contributed by atoms with E-state index in [0.29, 0.717) is 11.1 Å². The molecule has 98 valence electrons. The summed E-state index contributed by atoms with van der Waals surface area (Å²) in [5.74, 6) is 0. The Morgan fingerprint density at radius 3 is 3.06 bits per heavy atom. The van der Waals surface area contributed by atoms with Crippen molar-refractivity contribution < 1.29 is 9.66 Å². The summed E-state index contributed by atoms with van der Waals surface area (Å²) in [6.45, 7) is 2.29. The Hall–Kier alpha value is -0.980. The molecule has 1 fully saturated rings. The number of nitro groups is 1. The fourth-order valence-electron chi connectivity index (χ4n) is 1.99. The third-order valence-electron chi connectivity index (χ3n) is 2.98. The average Bonchev–Trinajstić information content (AvgIpc) is 2.38. The summed E-state index contributed by atoms with van der Waals surface area (Å²) in [6, 6.07) is 5.00. The molecule has 0 saturated carbocycles. The van der Waals surface area contributed by atoms with E-state index in [9.17, 15) is 10.1 Å². The maximum atomic E-state index is 10.8. The van der Waals surface area contributed by atoms with E-state index < -0.39 is 4.92 Å². The first-order valence-corrected chi connectivity index (χ1v) is 6.72. The van der Waals surface area contributed by atoms with Crippen LogP contribution in [0.1, 0.15) is 18.4 Å². The van der Waals surface area contributed by atoms with Gasteiger partial charge in [0, 0.05) is 12.6 Å². The van der Waals surface area contributed by atoms with Crippen LogP contribution in [-0.2, 0) is 11.3 Å². The molecule has 1 heterocycles. The number of piperidine rings is 1. The highest BCUT2D eigenvalue weighted by atomic mass is 79.9. The van der Waals surface area contributed by atoms with Crippen LogP contribution in [-0.4, -0.2) is 24.1 Å². The summed E-state index contributed by atoms with van der Waals surface area (Å²) in [5, 5.41) is 14.1. The largest absolute Gasteiger partial charge is 0.372 e. The second-order valence-electron chi connectivity index (χ2n) is 4.29. The van der Waals surface area contributed by atoms with Crippen LogP contribution in [0.3, 0.4) is 0 Å². The molecular formula is C12H15BrN2O3. The van der Waals surface area contributed by atoms with Crippen LogP contribution in [0.15, 0.2) is 22.7 Å². The molecule has 2 rings (SSSR count). The van der Waals surface area contributed by atoms with Crippen LogP contribution in [0.4, 0.5) is 5.69 Å². The first kappa shape index (κ1) is 13.5. The highest BCUT2D eigenvalue weighted by Crippen LogP contribution is 2.29. The molecular weight excluding hydrogens is 300 g/mol. The molecule has 1 saturated heterocycles. The van der Waals surface area contributed by atoms with Gasteiger partial charge in [-0.05, 0) is 40.9 Å². The fraction of sp³-hybridized carbons (Fsp3) is 0.500. The SMILES string of the molecule is O=[N+]([O-])c1cccc(COC2CCCNC2)c1Br. The minimum absolute atomic E-state index is 0.0814. The topological polar surface area (TPSA) is 64.4 Å². The first-order chi connectivity index (χ1) is 8.68. The number of benzene rings is 1. The predicted molar refractivity (Wildman–Crippen MR) is 71.5 cm³/mol. The molecule has 1 aromatic rings. The minimum atomic E-state index is -0.393. The molecule has 0 bridgehead atoms. The molecule has 1 N–H and O–H groups in total. The average molecular weight is 315 g/mol. The van der Waals surface area contributed by atoms with E-state index in [1.165, 1.54) is 6.07 Å². The Morgan fingerprint density at radius 1 is 1.56 bits per heavy atom. The van der Waals surface area contributed by atoms with Gasteiger partial charge in [0.25, 0.3) is 5.69 Å². The van der Waals surface area contributed by atoms with Crippen molar-refractivity contribution in [3.8, 4) is 0 Å². The van der Waals surface area contributed by atoms with Crippen molar-refractivity contribution in [2.24, 2.45) is 0 Å². The van der Waals surface area contributed by atoms with E-state index >= 15 is 0 Å². The number of ether oxygens (including phenoxy) is 1. The van der Waals surface area contributed by atoms with E-state index in [0.717, 1.165) is 31.5 Å². The molecule has 1 aliphatic heterocycles. The molecule has 0 radical (unpaired) electrons. The van der Waals surface area contributed by atoms with Gasteiger partial charge < -0.3 is 10.1 Å². The van der Waals surface area contributed by atoms with Gasteiger partial charge in [-0.2, -0.15) is 0 Å². The Bertz CT molecular complexity index is 433. The third-order valence-corrected chi connectivity index (χ3v) is 3.90. The van der Waals surface area contributed by atoms with Crippen molar-refractivity contribution in [1.82, 2.24) is 5.32 Å². The number of nitrogens with one attached hydrogen (secondary N) is 1. The zero-order valence-corrected chi connectivity index (χ0v) is 11.5. The summed E-state index contributed by atoms with van der Waals surface area (Å²) in [6.07, 6.45) is 2.35. The monoisotopic (exact) mass is 314 g/mol. The summed E-state index contributed by atoms with van der Waals surface area (Å²) < 4.78 is 6.28. The second-order valence-corrected chi connectivity index (χ2v) is 5.08. The quantitative estimate of drug-likeness (QED) is 0.685. The molecule has 6 heteroatoms. The molecule has 1 unspecified atom stereocenters. The number of halogens is 1. The predicted octanol–water partition coefficient (Wildman–Crippen LogP) is 2.63. The van der Waals surface area contributed by atoms with Gasteiger partial charge >= 0.3 is 0 Å². The lowest BCUT2D eigenvalue weighted by atomic mass is 10.1. The molecule has 1 aliphatic rings. The van der Waals surface area contributed by atoms with Gasteiger partial charge in [0.05, 0.1) is 17.6 Å². The molecule has 0 amide bonds. The van der Waals surface area contributed by atoms with Gasteiger partial charge in [-0.15, -0.1) is 0 Å². The van der Waals surface area contributed by atoms with Crippen molar-refractivity contribution >= 4 is 21.6 Å². The van der Waals surface area contributed by atoms with Gasteiger partial charge in [0.1, 0.15) is 4.47 Å². The Balaban J connectivity index is 2.00. The lowest BCUT2D eigenvalue weighted by Gasteiger charge is -2.23. The van der Waals surface area contributed by atoms with E-state index in [4.69, 9.17) is 4.74 Å². The molecule has 1 atom stereocenters. The lowest BCUT2D eigenvalue weighted by molar-refractivity contribution is -0.385. The summed E-state index contributed by atoms with van der Waals surface area (Å²) in [7, 11) is 0. The van der Waals surface area contributed by atoms with Crippen molar-refractivity contribution in [3.05, 3.63) is 38.3 Å². The van der Waals surface area contributed by atoms with Crippen molar-refractivity contribution in [2.75, 3.05) is 13.1 Å². The van der Waals surface area contributed by atoms with E-state index in [-0.39, 0.29) is 11.8 Å². The number of hydrogen-bond acceptors (Lipinski definition) is 4. The van der Waals surface area contributed by atoms with Crippen molar-refractivity contribution in [3.63, 3.8) is 0 Å².